The third-order valence-corrected chi connectivity index (χ3v) is 4.42. The van der Waals surface area contributed by atoms with Crippen LogP contribution in [0.15, 0.2) is 30.5 Å². The van der Waals surface area contributed by atoms with E-state index in [9.17, 15) is 0 Å². The van der Waals surface area contributed by atoms with Crippen LogP contribution in [0.5, 0.6) is 0 Å². The lowest BCUT2D eigenvalue weighted by atomic mass is 9.76. The Morgan fingerprint density at radius 1 is 1.38 bits per heavy atom. The second-order valence-corrected chi connectivity index (χ2v) is 5.29. The topological polar surface area (TPSA) is 24.9 Å². The van der Waals surface area contributed by atoms with Gasteiger partial charge in [-0.15, -0.1) is 0 Å². The molecule has 0 aromatic carbocycles. The first-order valence-corrected chi connectivity index (χ1v) is 6.29. The summed E-state index contributed by atoms with van der Waals surface area (Å²) in [6.07, 6.45) is 10.4. The molecule has 4 rings (SSSR count). The summed E-state index contributed by atoms with van der Waals surface area (Å²) in [5.74, 6) is 1.43. The summed E-state index contributed by atoms with van der Waals surface area (Å²) in [5, 5.41) is 3.78. The predicted octanol–water partition coefficient (Wildman–Crippen LogP) is 2.03. The predicted molar refractivity (Wildman–Crippen MR) is 63.3 cm³/mol. The molecule has 1 saturated heterocycles. The Bertz CT molecular complexity index is 452. The summed E-state index contributed by atoms with van der Waals surface area (Å²) in [7, 11) is 0. The van der Waals surface area contributed by atoms with Crippen molar-refractivity contribution in [2.45, 2.75) is 37.3 Å². The van der Waals surface area contributed by atoms with Gasteiger partial charge in [-0.1, -0.05) is 12.2 Å². The van der Waals surface area contributed by atoms with E-state index >= 15 is 0 Å². The number of rotatable bonds is 0. The smallest absolute Gasteiger partial charge is 0.0456 e. The van der Waals surface area contributed by atoms with Gasteiger partial charge in [-0.3, -0.25) is 4.98 Å². The van der Waals surface area contributed by atoms with Gasteiger partial charge in [0.15, 0.2) is 0 Å². The van der Waals surface area contributed by atoms with Gasteiger partial charge in [0.2, 0.25) is 0 Å². The molecule has 0 amide bonds. The van der Waals surface area contributed by atoms with Crippen LogP contribution >= 0.6 is 0 Å². The molecule has 0 radical (unpaired) electrons. The molecule has 2 heteroatoms. The lowest BCUT2D eigenvalue weighted by Crippen LogP contribution is -2.34. The van der Waals surface area contributed by atoms with E-state index in [0.29, 0.717) is 18.0 Å². The number of hydrogen-bond acceptors (Lipinski definition) is 2. The van der Waals surface area contributed by atoms with Crippen LogP contribution < -0.4 is 5.32 Å². The molecule has 1 aromatic rings. The first-order chi connectivity index (χ1) is 7.92. The Labute approximate surface area is 95.8 Å². The van der Waals surface area contributed by atoms with Crippen LogP contribution in [0.1, 0.15) is 30.0 Å². The fourth-order valence-electron chi connectivity index (χ4n) is 3.75. The largest absolute Gasteiger partial charge is 0.306 e. The summed E-state index contributed by atoms with van der Waals surface area (Å²) < 4.78 is 0. The van der Waals surface area contributed by atoms with E-state index in [1.165, 1.54) is 30.5 Å². The highest BCUT2D eigenvalue weighted by molar-refractivity contribution is 5.32. The molecule has 3 aliphatic rings. The molecule has 1 aliphatic heterocycles. The van der Waals surface area contributed by atoms with Crippen molar-refractivity contribution in [3.05, 3.63) is 41.7 Å². The van der Waals surface area contributed by atoms with Gasteiger partial charge < -0.3 is 5.32 Å². The summed E-state index contributed by atoms with van der Waals surface area (Å²) in [6, 6.07) is 5.68. The minimum Gasteiger partial charge on any atom is -0.306 e. The van der Waals surface area contributed by atoms with Crippen molar-refractivity contribution in [2.24, 2.45) is 5.92 Å². The first-order valence-electron chi connectivity index (χ1n) is 6.29. The van der Waals surface area contributed by atoms with Crippen molar-refractivity contribution in [2.75, 3.05) is 0 Å². The van der Waals surface area contributed by atoms with Gasteiger partial charge in [0.05, 0.1) is 0 Å². The van der Waals surface area contributed by atoms with Crippen LogP contribution in [0, 0.1) is 5.92 Å². The van der Waals surface area contributed by atoms with E-state index in [0.717, 1.165) is 5.92 Å². The molecule has 82 valence electrons. The number of hydrogen-bond donors (Lipinski definition) is 1. The average Bonchev–Trinajstić information content (AvgIpc) is 2.67. The molecule has 4 unspecified atom stereocenters. The zero-order chi connectivity index (χ0) is 10.5. The number of nitrogens with zero attached hydrogens (tertiary/aromatic N) is 1. The van der Waals surface area contributed by atoms with E-state index in [1.54, 1.807) is 0 Å². The Kier molecular flexibility index (Phi) is 1.77. The summed E-state index contributed by atoms with van der Waals surface area (Å²) in [5.41, 5.74) is 2.77. The Morgan fingerprint density at radius 2 is 2.38 bits per heavy atom. The molecule has 0 spiro atoms. The van der Waals surface area contributed by atoms with Crippen LogP contribution in [0.3, 0.4) is 0 Å². The lowest BCUT2D eigenvalue weighted by Gasteiger charge is -2.29. The highest BCUT2D eigenvalue weighted by Gasteiger charge is 2.45. The van der Waals surface area contributed by atoms with Crippen LogP contribution in [0.25, 0.3) is 0 Å². The van der Waals surface area contributed by atoms with Crippen molar-refractivity contribution in [1.82, 2.24) is 10.3 Å². The molecule has 1 N–H and O–H groups in total. The summed E-state index contributed by atoms with van der Waals surface area (Å²) >= 11 is 0. The highest BCUT2D eigenvalue weighted by Crippen LogP contribution is 2.43. The van der Waals surface area contributed by atoms with E-state index in [-0.39, 0.29) is 0 Å². The third-order valence-electron chi connectivity index (χ3n) is 4.42. The SMILES string of the molecule is C1=CC2NC3Cc4ccnc(c4)C3C2CC1. The van der Waals surface area contributed by atoms with Crippen molar-refractivity contribution in [3.8, 4) is 0 Å². The molecular weight excluding hydrogens is 196 g/mol. The standard InChI is InChI=1S/C14H16N2/c1-2-4-11-10(3-1)14-12-7-9(5-6-15-12)8-13(14)16-11/h2,4-7,10-11,13-14,16H,1,3,8H2. The minimum atomic E-state index is 0.597. The van der Waals surface area contributed by atoms with Crippen molar-refractivity contribution in [3.63, 3.8) is 0 Å². The Hall–Kier alpha value is -1.15. The fourth-order valence-corrected chi connectivity index (χ4v) is 3.75. The van der Waals surface area contributed by atoms with Crippen molar-refractivity contribution in [1.29, 1.82) is 0 Å². The zero-order valence-corrected chi connectivity index (χ0v) is 9.26. The lowest BCUT2D eigenvalue weighted by molar-refractivity contribution is 0.399. The number of nitrogens with one attached hydrogen (secondary N) is 1. The molecule has 0 saturated carbocycles. The van der Waals surface area contributed by atoms with Gasteiger partial charge in [0, 0.05) is 29.9 Å². The van der Waals surface area contributed by atoms with Crippen molar-refractivity contribution < 1.29 is 0 Å². The van der Waals surface area contributed by atoms with Gasteiger partial charge in [0.25, 0.3) is 0 Å². The summed E-state index contributed by atoms with van der Waals surface area (Å²) in [6.45, 7) is 0. The van der Waals surface area contributed by atoms with E-state index in [2.05, 4.69) is 34.6 Å². The van der Waals surface area contributed by atoms with Crippen LogP contribution in [-0.2, 0) is 6.42 Å². The Morgan fingerprint density at radius 3 is 3.38 bits per heavy atom. The second kappa shape index (κ2) is 3.17. The van der Waals surface area contributed by atoms with Crippen molar-refractivity contribution >= 4 is 0 Å². The Balaban J connectivity index is 1.78. The average molecular weight is 212 g/mol. The monoisotopic (exact) mass is 212 g/mol. The molecule has 1 fully saturated rings. The normalized spacial score (nSPS) is 39.2. The molecule has 4 atom stereocenters. The quantitative estimate of drug-likeness (QED) is 0.666. The first kappa shape index (κ1) is 8.94. The van der Waals surface area contributed by atoms with E-state index < -0.39 is 0 Å². The fraction of sp³-hybridized carbons (Fsp3) is 0.500. The van der Waals surface area contributed by atoms with E-state index in [1.807, 2.05) is 6.20 Å². The molecule has 2 heterocycles. The molecule has 2 bridgehead atoms. The minimum absolute atomic E-state index is 0.597. The molecule has 2 aliphatic carbocycles. The maximum absolute atomic E-state index is 4.58. The zero-order valence-electron chi connectivity index (χ0n) is 9.26. The number of pyridine rings is 1. The van der Waals surface area contributed by atoms with Gasteiger partial charge in [-0.25, -0.2) is 0 Å². The van der Waals surface area contributed by atoms with E-state index in [4.69, 9.17) is 0 Å². The summed E-state index contributed by atoms with van der Waals surface area (Å²) in [4.78, 5) is 4.58. The third kappa shape index (κ3) is 1.14. The second-order valence-electron chi connectivity index (χ2n) is 5.29. The molecule has 2 nitrogen and oxygen atoms in total. The van der Waals surface area contributed by atoms with Crippen LogP contribution in [0.4, 0.5) is 0 Å². The van der Waals surface area contributed by atoms with Gasteiger partial charge >= 0.3 is 0 Å². The molecule has 16 heavy (non-hydrogen) atoms. The van der Waals surface area contributed by atoms with Crippen LogP contribution in [0.2, 0.25) is 0 Å². The molecular formula is C14H16N2. The highest BCUT2D eigenvalue weighted by atomic mass is 15.0. The number of allylic oxidation sites excluding steroid dienone is 1. The number of aromatic nitrogens is 1. The van der Waals surface area contributed by atoms with Gasteiger partial charge in [-0.05, 0) is 42.9 Å². The van der Waals surface area contributed by atoms with Gasteiger partial charge in [-0.2, -0.15) is 0 Å². The number of fused-ring (bicyclic) bond motifs is 6. The molecule has 1 aromatic heterocycles. The van der Waals surface area contributed by atoms with Crippen LogP contribution in [-0.4, -0.2) is 17.1 Å². The maximum Gasteiger partial charge on any atom is 0.0456 e. The van der Waals surface area contributed by atoms with Gasteiger partial charge in [0.1, 0.15) is 0 Å². The maximum atomic E-state index is 4.58.